The molecular formula is C29H29ClN4O2. The van der Waals surface area contributed by atoms with Gasteiger partial charge in [0.2, 0.25) is 0 Å². The molecule has 0 unspecified atom stereocenters. The number of benzene rings is 2. The summed E-state index contributed by atoms with van der Waals surface area (Å²) in [6.07, 6.45) is 8.16. The molecule has 184 valence electrons. The number of anilines is 2. The number of carbonyl (C=O) groups excluding carboxylic acids is 2. The van der Waals surface area contributed by atoms with Crippen LogP contribution in [0.2, 0.25) is 5.02 Å². The number of nitrogens with zero attached hydrogens (tertiary/aromatic N) is 4. The molecule has 0 saturated carbocycles. The van der Waals surface area contributed by atoms with E-state index in [1.54, 1.807) is 11.0 Å². The third-order valence-electron chi connectivity index (χ3n) is 8.28. The normalized spacial score (nSPS) is 19.0. The number of rotatable bonds is 3. The first-order valence-corrected chi connectivity index (χ1v) is 13.0. The fourth-order valence-electron chi connectivity index (χ4n) is 5.97. The Balaban J connectivity index is 1.06. The van der Waals surface area contributed by atoms with E-state index < -0.39 is 0 Å². The second-order valence-corrected chi connectivity index (χ2v) is 10.6. The third kappa shape index (κ3) is 4.13. The molecule has 0 atom stereocenters. The number of hydrogen-bond donors (Lipinski definition) is 0. The lowest BCUT2D eigenvalue weighted by atomic mass is 9.71. The maximum atomic E-state index is 13.2. The van der Waals surface area contributed by atoms with Gasteiger partial charge in [0.1, 0.15) is 0 Å². The first-order valence-electron chi connectivity index (χ1n) is 12.7. The highest BCUT2D eigenvalue weighted by atomic mass is 35.5. The van der Waals surface area contributed by atoms with Crippen LogP contribution in [0.5, 0.6) is 0 Å². The first-order chi connectivity index (χ1) is 17.5. The minimum Gasteiger partial charge on any atom is -0.371 e. The summed E-state index contributed by atoms with van der Waals surface area (Å²) in [4.78, 5) is 36.4. The topological polar surface area (TPSA) is 56.8 Å². The van der Waals surface area contributed by atoms with Crippen LogP contribution >= 0.6 is 11.6 Å². The Morgan fingerprint density at radius 2 is 1.50 bits per heavy atom. The van der Waals surface area contributed by atoms with Crippen molar-refractivity contribution in [3.63, 3.8) is 0 Å². The molecule has 3 aliphatic rings. The van der Waals surface area contributed by atoms with E-state index in [0.29, 0.717) is 28.1 Å². The van der Waals surface area contributed by atoms with Crippen molar-refractivity contribution in [3.8, 4) is 0 Å². The zero-order valence-corrected chi connectivity index (χ0v) is 21.0. The van der Waals surface area contributed by atoms with Crippen LogP contribution in [-0.4, -0.2) is 47.9 Å². The summed E-state index contributed by atoms with van der Waals surface area (Å²) in [5.41, 5.74) is 4.55. The molecule has 0 aliphatic carbocycles. The largest absolute Gasteiger partial charge is 0.371 e. The van der Waals surface area contributed by atoms with Crippen molar-refractivity contribution in [1.29, 1.82) is 0 Å². The zero-order chi connectivity index (χ0) is 24.7. The van der Waals surface area contributed by atoms with Crippen LogP contribution in [0.4, 0.5) is 11.4 Å². The van der Waals surface area contributed by atoms with E-state index in [-0.39, 0.29) is 11.8 Å². The van der Waals surface area contributed by atoms with Crippen LogP contribution in [0, 0.1) is 5.41 Å². The van der Waals surface area contributed by atoms with Gasteiger partial charge in [-0.1, -0.05) is 23.7 Å². The van der Waals surface area contributed by atoms with Gasteiger partial charge in [0.25, 0.3) is 11.8 Å². The van der Waals surface area contributed by atoms with E-state index in [1.807, 2.05) is 53.7 Å². The van der Waals surface area contributed by atoms with E-state index in [9.17, 15) is 9.59 Å². The molecule has 2 amide bonds. The third-order valence-corrected chi connectivity index (χ3v) is 8.59. The first kappa shape index (κ1) is 23.0. The van der Waals surface area contributed by atoms with Gasteiger partial charge in [0, 0.05) is 55.5 Å². The van der Waals surface area contributed by atoms with E-state index >= 15 is 0 Å². The van der Waals surface area contributed by atoms with Gasteiger partial charge in [-0.25, -0.2) is 0 Å². The number of carbonyl (C=O) groups is 2. The van der Waals surface area contributed by atoms with Crippen molar-refractivity contribution in [1.82, 2.24) is 9.88 Å². The van der Waals surface area contributed by atoms with Gasteiger partial charge in [-0.3, -0.25) is 14.6 Å². The highest BCUT2D eigenvalue weighted by molar-refractivity contribution is 6.35. The van der Waals surface area contributed by atoms with Crippen molar-refractivity contribution < 1.29 is 9.59 Å². The van der Waals surface area contributed by atoms with Crippen molar-refractivity contribution in [2.45, 2.75) is 32.2 Å². The Morgan fingerprint density at radius 1 is 0.833 bits per heavy atom. The van der Waals surface area contributed by atoms with Crippen molar-refractivity contribution in [2.75, 3.05) is 36.0 Å². The molecule has 2 saturated heterocycles. The van der Waals surface area contributed by atoms with Crippen LogP contribution in [0.3, 0.4) is 0 Å². The molecule has 6 nitrogen and oxygen atoms in total. The Bertz CT molecular complexity index is 1280. The maximum Gasteiger partial charge on any atom is 0.260 e. The molecule has 0 radical (unpaired) electrons. The summed E-state index contributed by atoms with van der Waals surface area (Å²) < 4.78 is 0. The summed E-state index contributed by atoms with van der Waals surface area (Å²) in [7, 11) is 0. The molecule has 6 rings (SSSR count). The average Bonchev–Trinajstić information content (AvgIpc) is 3.27. The molecule has 1 spiro atoms. The number of halogens is 1. The molecule has 36 heavy (non-hydrogen) atoms. The number of pyridine rings is 1. The van der Waals surface area contributed by atoms with Gasteiger partial charge >= 0.3 is 0 Å². The van der Waals surface area contributed by atoms with Gasteiger partial charge in [0.05, 0.1) is 17.1 Å². The standard InChI is InChI=1S/C29H29ClN4O2/c30-25-3-1-2-22-20-34(28(36)26(22)25)24-6-4-21(5-7-24)27(35)33-18-12-29(13-19-33)10-16-32(17-11-29)23-8-14-31-15-9-23/h1-9,14-15H,10-13,16-20H2. The van der Waals surface area contributed by atoms with E-state index in [2.05, 4.69) is 22.0 Å². The van der Waals surface area contributed by atoms with Crippen molar-refractivity contribution in [3.05, 3.63) is 88.7 Å². The minimum atomic E-state index is -0.0917. The maximum absolute atomic E-state index is 13.2. The van der Waals surface area contributed by atoms with Gasteiger partial charge in [-0.05, 0) is 79.1 Å². The number of likely N-dealkylation sites (tertiary alicyclic amines) is 1. The number of amides is 2. The number of fused-ring (bicyclic) bond motifs is 1. The van der Waals surface area contributed by atoms with Crippen molar-refractivity contribution >= 4 is 34.8 Å². The molecule has 3 aromatic rings. The van der Waals surface area contributed by atoms with Gasteiger partial charge < -0.3 is 14.7 Å². The summed E-state index contributed by atoms with van der Waals surface area (Å²) in [5, 5.41) is 0.484. The summed E-state index contributed by atoms with van der Waals surface area (Å²) in [6, 6.07) is 17.1. The molecule has 2 fully saturated rings. The van der Waals surface area contributed by atoms with Crippen LogP contribution < -0.4 is 9.80 Å². The number of piperidine rings is 2. The van der Waals surface area contributed by atoms with E-state index in [4.69, 9.17) is 11.6 Å². The number of hydrogen-bond acceptors (Lipinski definition) is 4. The van der Waals surface area contributed by atoms with Crippen LogP contribution in [0.1, 0.15) is 52.0 Å². The van der Waals surface area contributed by atoms with Crippen LogP contribution in [0.25, 0.3) is 0 Å². The van der Waals surface area contributed by atoms with Gasteiger partial charge in [-0.15, -0.1) is 0 Å². The van der Waals surface area contributed by atoms with Gasteiger partial charge in [0.15, 0.2) is 0 Å². The number of aromatic nitrogens is 1. The lowest BCUT2D eigenvalue weighted by Gasteiger charge is -2.47. The summed E-state index contributed by atoms with van der Waals surface area (Å²) >= 11 is 6.26. The smallest absolute Gasteiger partial charge is 0.260 e. The monoisotopic (exact) mass is 500 g/mol. The summed E-state index contributed by atoms with van der Waals surface area (Å²) in [6.45, 7) is 4.21. The van der Waals surface area contributed by atoms with Gasteiger partial charge in [-0.2, -0.15) is 0 Å². The SMILES string of the molecule is O=C(c1ccc(N2Cc3cccc(Cl)c3C2=O)cc1)N1CCC2(CC1)CCN(c1ccncc1)CC2. The zero-order valence-electron chi connectivity index (χ0n) is 20.2. The molecule has 2 aromatic carbocycles. The quantitative estimate of drug-likeness (QED) is 0.482. The molecule has 7 heteroatoms. The highest BCUT2D eigenvalue weighted by Gasteiger charge is 2.39. The predicted octanol–water partition coefficient (Wildman–Crippen LogP) is 5.42. The molecular weight excluding hydrogens is 472 g/mol. The Kier molecular flexibility index (Phi) is 5.92. The second kappa shape index (κ2) is 9.25. The summed E-state index contributed by atoms with van der Waals surface area (Å²) in [5.74, 6) is -0.0179. The molecule has 4 heterocycles. The van der Waals surface area contributed by atoms with Crippen LogP contribution in [0.15, 0.2) is 67.0 Å². The Morgan fingerprint density at radius 3 is 2.17 bits per heavy atom. The molecule has 1 aromatic heterocycles. The van der Waals surface area contributed by atoms with Crippen molar-refractivity contribution in [2.24, 2.45) is 5.41 Å². The van der Waals surface area contributed by atoms with E-state index in [0.717, 1.165) is 50.3 Å². The Hall–Kier alpha value is -3.38. The minimum absolute atomic E-state index is 0.0738. The van der Waals surface area contributed by atoms with Crippen LogP contribution in [-0.2, 0) is 6.54 Å². The second-order valence-electron chi connectivity index (χ2n) is 10.2. The lowest BCUT2D eigenvalue weighted by Crippen LogP contribution is -2.48. The average molecular weight is 501 g/mol. The molecule has 3 aliphatic heterocycles. The molecule has 0 bridgehead atoms. The predicted molar refractivity (Wildman–Crippen MR) is 142 cm³/mol. The highest BCUT2D eigenvalue weighted by Crippen LogP contribution is 2.42. The lowest BCUT2D eigenvalue weighted by molar-refractivity contribution is 0.0515. The fourth-order valence-corrected chi connectivity index (χ4v) is 6.25. The Labute approximate surface area is 216 Å². The fraction of sp³-hybridized carbons (Fsp3) is 0.345. The van der Waals surface area contributed by atoms with E-state index in [1.165, 1.54) is 18.5 Å². The molecule has 0 N–H and O–H groups in total.